The standard InChI is InChI=1S/2C10H6F2NO2.2C5H5.Ti/c2*11-6-1-2-8(7(12)5-6)13-9(14)3-4-10(13)15;2*1-2-4-5-3-1;/h2*1-2H,3-4H2;2*1-3H,4H2;. The fraction of sp³-hybridized carbons (Fsp3) is 0.200. The number of benzene rings is 2. The molecule has 4 aliphatic rings. The van der Waals surface area contributed by atoms with Crippen LogP contribution in [-0.4, -0.2) is 23.6 Å². The van der Waals surface area contributed by atoms with E-state index in [0.29, 0.717) is 17.6 Å². The van der Waals surface area contributed by atoms with E-state index in [1.807, 2.05) is 0 Å². The number of halogens is 4. The van der Waals surface area contributed by atoms with Crippen LogP contribution in [0.5, 0.6) is 0 Å². The Bertz CT molecular complexity index is 1540. The number of rotatable bonds is 6. The first-order valence-electron chi connectivity index (χ1n) is 13.1. The molecule has 2 fully saturated rings. The SMILES string of the molecule is O=C1CCC(=O)N1c1ccc(F)[c]([Ti]([C]2=CC=CC2)([C]2=CC=CC2)[c]2c(F)ccc(N3C(=O)CCC3=O)c2F)c1F. The number of carbonyl (C=O) groups is 4. The summed E-state index contributed by atoms with van der Waals surface area (Å²) in [5.41, 5.74) is -0.965. The quantitative estimate of drug-likeness (QED) is 0.282. The minimum atomic E-state index is -5.31. The van der Waals surface area contributed by atoms with E-state index in [0.717, 1.165) is 24.3 Å². The third-order valence-corrected chi connectivity index (χ3v) is 15.9. The number of amides is 4. The molecule has 0 aromatic heterocycles. The summed E-state index contributed by atoms with van der Waals surface area (Å²) in [5.74, 6) is -7.32. The molecule has 2 saturated heterocycles. The third-order valence-electron chi connectivity index (χ3n) is 7.98. The number of hydrogen-bond acceptors (Lipinski definition) is 4. The van der Waals surface area contributed by atoms with Gasteiger partial charge in [0.1, 0.15) is 0 Å². The molecule has 0 bridgehead atoms. The van der Waals surface area contributed by atoms with Crippen molar-refractivity contribution in [1.82, 2.24) is 0 Å². The van der Waals surface area contributed by atoms with E-state index in [1.165, 1.54) is 0 Å². The molecular weight excluding hydrogens is 576 g/mol. The van der Waals surface area contributed by atoms with Crippen molar-refractivity contribution in [3.8, 4) is 0 Å². The van der Waals surface area contributed by atoms with Gasteiger partial charge in [0.15, 0.2) is 0 Å². The molecule has 208 valence electrons. The van der Waals surface area contributed by atoms with Crippen LogP contribution in [0, 0.1) is 23.3 Å². The van der Waals surface area contributed by atoms with Gasteiger partial charge in [-0.2, -0.15) is 0 Å². The predicted molar refractivity (Wildman–Crippen MR) is 139 cm³/mol. The molecule has 2 aliphatic heterocycles. The zero-order chi connectivity index (χ0) is 29.1. The van der Waals surface area contributed by atoms with Crippen LogP contribution >= 0.6 is 0 Å². The monoisotopic (exact) mass is 598 g/mol. The van der Waals surface area contributed by atoms with Gasteiger partial charge in [0.2, 0.25) is 0 Å². The van der Waals surface area contributed by atoms with Crippen LogP contribution in [0.3, 0.4) is 0 Å². The van der Waals surface area contributed by atoms with Crippen LogP contribution in [0.4, 0.5) is 28.9 Å². The summed E-state index contributed by atoms with van der Waals surface area (Å²) in [6.07, 6.45) is 9.57. The molecule has 0 spiro atoms. The average molecular weight is 598 g/mol. The second-order valence-electron chi connectivity index (χ2n) is 10.2. The number of nitrogens with zero attached hydrogens (tertiary/aromatic N) is 2. The molecule has 2 aromatic rings. The van der Waals surface area contributed by atoms with Crippen molar-refractivity contribution in [3.05, 3.63) is 91.7 Å². The van der Waals surface area contributed by atoms with Crippen molar-refractivity contribution in [2.24, 2.45) is 0 Å². The van der Waals surface area contributed by atoms with Gasteiger partial charge in [-0.1, -0.05) is 0 Å². The van der Waals surface area contributed by atoms with E-state index in [4.69, 9.17) is 0 Å². The Morgan fingerprint density at radius 2 is 0.927 bits per heavy atom. The van der Waals surface area contributed by atoms with Crippen molar-refractivity contribution in [2.75, 3.05) is 9.80 Å². The first-order chi connectivity index (χ1) is 19.7. The zero-order valence-corrected chi connectivity index (χ0v) is 23.1. The van der Waals surface area contributed by atoms with Gasteiger partial charge in [-0.25, -0.2) is 0 Å². The number of hydrogen-bond donors (Lipinski definition) is 0. The Labute approximate surface area is 235 Å². The Morgan fingerprint density at radius 3 is 1.24 bits per heavy atom. The molecule has 0 atom stereocenters. The minimum absolute atomic E-state index is 0.146. The number of carbonyl (C=O) groups excluding carboxylic acids is 4. The molecule has 2 aliphatic carbocycles. The molecule has 0 unspecified atom stereocenters. The van der Waals surface area contributed by atoms with Gasteiger partial charge in [-0.3, -0.25) is 0 Å². The topological polar surface area (TPSA) is 74.8 Å². The van der Waals surface area contributed by atoms with Crippen LogP contribution in [0.25, 0.3) is 0 Å². The van der Waals surface area contributed by atoms with Gasteiger partial charge in [0, 0.05) is 0 Å². The van der Waals surface area contributed by atoms with Crippen LogP contribution in [0.2, 0.25) is 0 Å². The Hall–Kier alpha value is -3.89. The van der Waals surface area contributed by atoms with Gasteiger partial charge in [0.05, 0.1) is 0 Å². The first kappa shape index (κ1) is 27.3. The van der Waals surface area contributed by atoms with Crippen molar-refractivity contribution in [3.63, 3.8) is 0 Å². The molecule has 0 radical (unpaired) electrons. The van der Waals surface area contributed by atoms with Gasteiger partial charge in [-0.05, 0) is 0 Å². The molecule has 6 nitrogen and oxygen atoms in total. The van der Waals surface area contributed by atoms with Crippen LogP contribution < -0.4 is 17.5 Å². The van der Waals surface area contributed by atoms with Crippen molar-refractivity contribution < 1.29 is 53.3 Å². The summed E-state index contributed by atoms with van der Waals surface area (Å²) in [6.45, 7) is 0. The second-order valence-corrected chi connectivity index (χ2v) is 16.1. The second kappa shape index (κ2) is 10.2. The first-order valence-corrected chi connectivity index (χ1v) is 16.2. The number of allylic oxidation sites excluding steroid dienone is 8. The Kier molecular flexibility index (Phi) is 6.78. The van der Waals surface area contributed by atoms with E-state index >= 15 is 17.6 Å². The molecule has 6 rings (SSSR count). The summed E-state index contributed by atoms with van der Waals surface area (Å²) in [5, 5.41) is 0. The summed E-state index contributed by atoms with van der Waals surface area (Å²) in [4.78, 5) is 51.5. The van der Waals surface area contributed by atoms with E-state index in [-0.39, 0.29) is 38.5 Å². The summed E-state index contributed by atoms with van der Waals surface area (Å²) < 4.78 is 65.5. The van der Waals surface area contributed by atoms with E-state index in [2.05, 4.69) is 0 Å². The number of imide groups is 2. The Balaban J connectivity index is 1.72. The van der Waals surface area contributed by atoms with Gasteiger partial charge >= 0.3 is 236 Å². The van der Waals surface area contributed by atoms with Crippen molar-refractivity contribution in [2.45, 2.75) is 38.5 Å². The molecular formula is C30H22F4N2O4Ti. The van der Waals surface area contributed by atoms with E-state index in [9.17, 15) is 19.2 Å². The fourth-order valence-electron chi connectivity index (χ4n) is 6.23. The van der Waals surface area contributed by atoms with Gasteiger partial charge in [0.25, 0.3) is 0 Å². The number of anilines is 2. The van der Waals surface area contributed by atoms with Crippen LogP contribution in [-0.2, 0) is 35.8 Å². The van der Waals surface area contributed by atoms with E-state index in [1.54, 1.807) is 36.5 Å². The molecule has 0 N–H and O–H groups in total. The fourth-order valence-corrected chi connectivity index (χ4v) is 14.5. The predicted octanol–water partition coefficient (Wildman–Crippen LogP) is 4.34. The van der Waals surface area contributed by atoms with E-state index < -0.39 is 82.6 Å². The molecule has 0 saturated carbocycles. The average Bonchev–Trinajstić information content (AvgIpc) is 3.75. The van der Waals surface area contributed by atoms with Crippen molar-refractivity contribution >= 4 is 42.7 Å². The summed E-state index contributed by atoms with van der Waals surface area (Å²) >= 11 is -5.31. The van der Waals surface area contributed by atoms with Crippen LogP contribution in [0.1, 0.15) is 38.5 Å². The Morgan fingerprint density at radius 1 is 0.561 bits per heavy atom. The van der Waals surface area contributed by atoms with Crippen LogP contribution in [0.15, 0.2) is 68.5 Å². The maximum absolute atomic E-state index is 16.8. The summed E-state index contributed by atoms with van der Waals surface area (Å²) in [6, 6.07) is 3.78. The zero-order valence-electron chi connectivity index (χ0n) is 21.6. The molecule has 4 amide bonds. The van der Waals surface area contributed by atoms with Crippen molar-refractivity contribution in [1.29, 1.82) is 0 Å². The molecule has 11 heteroatoms. The van der Waals surface area contributed by atoms with Gasteiger partial charge in [-0.15, -0.1) is 0 Å². The van der Waals surface area contributed by atoms with Gasteiger partial charge < -0.3 is 0 Å². The maximum atomic E-state index is 16.8. The molecule has 2 heterocycles. The third kappa shape index (κ3) is 4.03. The summed E-state index contributed by atoms with van der Waals surface area (Å²) in [7, 11) is 0. The normalized spacial score (nSPS) is 18.8. The molecule has 41 heavy (non-hydrogen) atoms. The molecule has 2 aromatic carbocycles.